The molecular weight excluding hydrogens is 494 g/mol. The number of hydrogen-bond donors (Lipinski definition) is 1. The average Bonchev–Trinajstić information content (AvgIpc) is 3.10. The molecule has 0 saturated heterocycles. The molecule has 2 aromatic carbocycles. The predicted molar refractivity (Wildman–Crippen MR) is 106 cm³/mol. The van der Waals surface area contributed by atoms with E-state index in [2.05, 4.69) is 25.6 Å². The van der Waals surface area contributed by atoms with Gasteiger partial charge in [0.15, 0.2) is 5.13 Å². The van der Waals surface area contributed by atoms with Gasteiger partial charge in [0.2, 0.25) is 9.84 Å². The minimum atomic E-state index is -4.00. The zero-order valence-corrected chi connectivity index (χ0v) is 17.7. The SMILES string of the molecule is O=[N+]([O-])c1ccc(S(=O)(=O)c2cnc(NS(=O)(=O)c3ccccc3Br)s2)cc1. The Kier molecular flexibility index (Phi) is 5.52. The third kappa shape index (κ3) is 4.06. The molecule has 3 aromatic rings. The maximum absolute atomic E-state index is 12.6. The van der Waals surface area contributed by atoms with E-state index in [9.17, 15) is 26.9 Å². The van der Waals surface area contributed by atoms with E-state index in [4.69, 9.17) is 0 Å². The lowest BCUT2D eigenvalue weighted by atomic mass is 10.3. The van der Waals surface area contributed by atoms with Gasteiger partial charge in [-0.15, -0.1) is 0 Å². The van der Waals surface area contributed by atoms with Crippen LogP contribution in [-0.4, -0.2) is 26.7 Å². The van der Waals surface area contributed by atoms with Gasteiger partial charge < -0.3 is 0 Å². The molecule has 0 saturated carbocycles. The standard InChI is InChI=1S/C15H10BrN3O6S3/c16-12-3-1-2-4-13(12)28(24,25)18-15-17-9-14(26-15)27(22,23)11-7-5-10(6-8-11)19(20)21/h1-9H,(H,17,18). The number of hydrogen-bond acceptors (Lipinski definition) is 8. The molecule has 0 aliphatic carbocycles. The lowest BCUT2D eigenvalue weighted by molar-refractivity contribution is -0.384. The van der Waals surface area contributed by atoms with Crippen molar-refractivity contribution < 1.29 is 21.8 Å². The highest BCUT2D eigenvalue weighted by Gasteiger charge is 2.24. The third-order valence-corrected chi connectivity index (χ3v) is 9.08. The number of non-ortho nitro benzene ring substituents is 1. The van der Waals surface area contributed by atoms with Gasteiger partial charge in [0.1, 0.15) is 9.10 Å². The first-order chi connectivity index (χ1) is 13.1. The number of nitro benzene ring substituents is 1. The number of nitrogens with one attached hydrogen (secondary N) is 1. The first kappa shape index (κ1) is 20.4. The number of nitro groups is 1. The second kappa shape index (κ2) is 7.58. The molecule has 146 valence electrons. The van der Waals surface area contributed by atoms with Crippen molar-refractivity contribution in [2.45, 2.75) is 14.0 Å². The maximum Gasteiger partial charge on any atom is 0.269 e. The molecule has 0 atom stereocenters. The van der Waals surface area contributed by atoms with Crippen LogP contribution in [-0.2, 0) is 19.9 Å². The molecule has 0 aliphatic heterocycles. The average molecular weight is 504 g/mol. The summed E-state index contributed by atoms with van der Waals surface area (Å²) in [4.78, 5) is 13.7. The van der Waals surface area contributed by atoms with Gasteiger partial charge in [-0.05, 0) is 40.2 Å². The van der Waals surface area contributed by atoms with E-state index in [1.807, 2.05) is 0 Å². The minimum Gasteiger partial charge on any atom is -0.258 e. The van der Waals surface area contributed by atoms with E-state index in [0.29, 0.717) is 15.8 Å². The Morgan fingerprint density at radius 3 is 2.29 bits per heavy atom. The predicted octanol–water partition coefficient (Wildman–Crippen LogP) is 3.45. The van der Waals surface area contributed by atoms with Crippen molar-refractivity contribution in [2.75, 3.05) is 4.72 Å². The van der Waals surface area contributed by atoms with Gasteiger partial charge in [-0.2, -0.15) is 0 Å². The summed E-state index contributed by atoms with van der Waals surface area (Å²) in [6, 6.07) is 10.5. The lowest BCUT2D eigenvalue weighted by Crippen LogP contribution is -2.13. The summed E-state index contributed by atoms with van der Waals surface area (Å²) in [6.07, 6.45) is 1.03. The van der Waals surface area contributed by atoms with Gasteiger partial charge >= 0.3 is 0 Å². The molecular formula is C15H10BrN3O6S3. The molecule has 1 heterocycles. The largest absolute Gasteiger partial charge is 0.269 e. The van der Waals surface area contributed by atoms with E-state index < -0.39 is 24.8 Å². The molecule has 28 heavy (non-hydrogen) atoms. The number of sulfonamides is 1. The molecule has 9 nitrogen and oxygen atoms in total. The fourth-order valence-electron chi connectivity index (χ4n) is 2.13. The first-order valence-electron chi connectivity index (χ1n) is 7.34. The van der Waals surface area contributed by atoms with Gasteiger partial charge in [-0.3, -0.25) is 14.8 Å². The summed E-state index contributed by atoms with van der Waals surface area (Å²) in [5.74, 6) is 0. The van der Waals surface area contributed by atoms with Gasteiger partial charge in [0.05, 0.1) is 16.0 Å². The Morgan fingerprint density at radius 2 is 1.68 bits per heavy atom. The highest BCUT2D eigenvalue weighted by atomic mass is 79.9. The monoisotopic (exact) mass is 503 g/mol. The van der Waals surface area contributed by atoms with Gasteiger partial charge in [-0.1, -0.05) is 23.5 Å². The molecule has 0 radical (unpaired) electrons. The summed E-state index contributed by atoms with van der Waals surface area (Å²) in [7, 11) is -7.97. The van der Waals surface area contributed by atoms with Crippen molar-refractivity contribution in [3.05, 3.63) is 69.3 Å². The van der Waals surface area contributed by atoms with E-state index >= 15 is 0 Å². The summed E-state index contributed by atoms with van der Waals surface area (Å²) >= 11 is 3.78. The van der Waals surface area contributed by atoms with Crippen molar-refractivity contribution in [1.29, 1.82) is 0 Å². The Balaban J connectivity index is 1.89. The maximum atomic E-state index is 12.6. The summed E-state index contributed by atoms with van der Waals surface area (Å²) < 4.78 is 52.6. The Hall–Kier alpha value is -2.35. The van der Waals surface area contributed by atoms with Crippen LogP contribution in [0.1, 0.15) is 0 Å². The molecule has 0 amide bonds. The molecule has 0 aliphatic rings. The van der Waals surface area contributed by atoms with Crippen LogP contribution in [0.2, 0.25) is 0 Å². The van der Waals surface area contributed by atoms with Crippen molar-refractivity contribution >= 4 is 57.9 Å². The normalized spacial score (nSPS) is 11.9. The van der Waals surface area contributed by atoms with Crippen LogP contribution in [0, 0.1) is 10.1 Å². The summed E-state index contributed by atoms with van der Waals surface area (Å²) in [5, 5.41) is 10.6. The van der Waals surface area contributed by atoms with Crippen LogP contribution in [0.3, 0.4) is 0 Å². The topological polar surface area (TPSA) is 136 Å². The smallest absolute Gasteiger partial charge is 0.258 e. The fourth-order valence-corrected chi connectivity index (χ4v) is 6.81. The highest BCUT2D eigenvalue weighted by molar-refractivity contribution is 9.10. The Morgan fingerprint density at radius 1 is 1.04 bits per heavy atom. The quantitative estimate of drug-likeness (QED) is 0.401. The molecule has 1 N–H and O–H groups in total. The van der Waals surface area contributed by atoms with Crippen molar-refractivity contribution in [1.82, 2.24) is 4.98 Å². The Labute approximate surface area is 172 Å². The zero-order chi connectivity index (χ0) is 20.5. The molecule has 0 fully saturated rings. The molecule has 0 unspecified atom stereocenters. The third-order valence-electron chi connectivity index (χ3n) is 3.46. The zero-order valence-electron chi connectivity index (χ0n) is 13.6. The van der Waals surface area contributed by atoms with E-state index in [-0.39, 0.29) is 24.8 Å². The molecule has 0 bridgehead atoms. The van der Waals surface area contributed by atoms with Crippen LogP contribution in [0.4, 0.5) is 10.8 Å². The van der Waals surface area contributed by atoms with Gasteiger partial charge in [0.25, 0.3) is 15.7 Å². The summed E-state index contributed by atoms with van der Waals surface area (Å²) in [5.41, 5.74) is -0.245. The van der Waals surface area contributed by atoms with Gasteiger partial charge in [-0.25, -0.2) is 21.8 Å². The number of anilines is 1. The fraction of sp³-hybridized carbons (Fsp3) is 0. The van der Waals surface area contributed by atoms with Crippen molar-refractivity contribution in [3.8, 4) is 0 Å². The molecule has 13 heteroatoms. The van der Waals surface area contributed by atoms with Crippen molar-refractivity contribution in [2.24, 2.45) is 0 Å². The number of rotatable bonds is 6. The lowest BCUT2D eigenvalue weighted by Gasteiger charge is -2.06. The summed E-state index contributed by atoms with van der Waals surface area (Å²) in [6.45, 7) is 0. The number of halogens is 1. The van der Waals surface area contributed by atoms with Crippen LogP contribution in [0.25, 0.3) is 0 Å². The Bertz CT molecular complexity index is 1250. The number of thiazole rings is 1. The van der Waals surface area contributed by atoms with E-state index in [0.717, 1.165) is 30.5 Å². The van der Waals surface area contributed by atoms with Crippen LogP contribution in [0.15, 0.2) is 73.2 Å². The number of nitrogens with zero attached hydrogens (tertiary/aromatic N) is 2. The number of aromatic nitrogens is 1. The first-order valence-corrected chi connectivity index (χ1v) is 11.9. The number of sulfone groups is 1. The molecule has 0 spiro atoms. The minimum absolute atomic E-state index is 0.0232. The highest BCUT2D eigenvalue weighted by Crippen LogP contribution is 2.31. The second-order valence-electron chi connectivity index (χ2n) is 5.27. The van der Waals surface area contributed by atoms with E-state index in [1.165, 1.54) is 6.07 Å². The van der Waals surface area contributed by atoms with Gasteiger partial charge in [0, 0.05) is 16.6 Å². The molecule has 3 rings (SSSR count). The van der Waals surface area contributed by atoms with Crippen molar-refractivity contribution in [3.63, 3.8) is 0 Å². The van der Waals surface area contributed by atoms with Crippen LogP contribution in [0.5, 0.6) is 0 Å². The van der Waals surface area contributed by atoms with Crippen LogP contribution >= 0.6 is 27.3 Å². The molecule has 1 aromatic heterocycles. The second-order valence-corrected chi connectivity index (χ2v) is 11.0. The van der Waals surface area contributed by atoms with E-state index in [1.54, 1.807) is 18.2 Å². The van der Waals surface area contributed by atoms with Crippen LogP contribution < -0.4 is 4.72 Å². The number of benzene rings is 2.